The lowest BCUT2D eigenvalue weighted by atomic mass is 9.85. The SMILES string of the molecule is Cc1[nH]nc2c1C(c1ccncc1)c1c([nH]c(=O)[nH]c1=O)O2. The van der Waals surface area contributed by atoms with Crippen LogP contribution < -0.4 is 16.0 Å². The number of aromatic nitrogens is 5. The quantitative estimate of drug-likeness (QED) is 0.480. The zero-order valence-corrected chi connectivity index (χ0v) is 11.5. The van der Waals surface area contributed by atoms with Gasteiger partial charge in [-0.2, -0.15) is 0 Å². The predicted octanol–water partition coefficient (Wildman–Crippen LogP) is 0.776. The normalized spacial score (nSPS) is 15.8. The number of ether oxygens (including phenoxy) is 1. The minimum absolute atomic E-state index is 0.120. The Morgan fingerprint density at radius 2 is 1.91 bits per heavy atom. The number of aromatic amines is 3. The van der Waals surface area contributed by atoms with Gasteiger partial charge in [0.05, 0.1) is 11.5 Å². The molecule has 3 aromatic rings. The standard InChI is InChI=1S/C14H11N5O3/c1-6-8-9(7-2-4-15-5-3-7)10-11(20)16-14(21)17-12(10)22-13(8)19-18-6/h2-5,9H,1H3,(H,18,19)(H2,16,17,20,21). The van der Waals surface area contributed by atoms with Crippen molar-refractivity contribution in [3.63, 3.8) is 0 Å². The lowest BCUT2D eigenvalue weighted by molar-refractivity contribution is 0.412. The molecule has 0 bridgehead atoms. The summed E-state index contributed by atoms with van der Waals surface area (Å²) in [4.78, 5) is 32.6. The van der Waals surface area contributed by atoms with E-state index in [1.165, 1.54) is 0 Å². The second kappa shape index (κ2) is 4.42. The van der Waals surface area contributed by atoms with Gasteiger partial charge in [0, 0.05) is 23.7 Å². The van der Waals surface area contributed by atoms with Gasteiger partial charge in [0.15, 0.2) is 0 Å². The third-order valence-electron chi connectivity index (χ3n) is 3.72. The van der Waals surface area contributed by atoms with E-state index in [-0.39, 0.29) is 11.8 Å². The van der Waals surface area contributed by atoms with Crippen molar-refractivity contribution in [3.05, 3.63) is 67.7 Å². The van der Waals surface area contributed by atoms with E-state index in [1.807, 2.05) is 19.1 Å². The van der Waals surface area contributed by atoms with E-state index < -0.39 is 11.2 Å². The summed E-state index contributed by atoms with van der Waals surface area (Å²) < 4.78 is 5.58. The van der Waals surface area contributed by atoms with Crippen molar-refractivity contribution in [1.29, 1.82) is 0 Å². The number of rotatable bonds is 1. The van der Waals surface area contributed by atoms with E-state index in [9.17, 15) is 9.59 Å². The Balaban J connectivity index is 2.07. The van der Waals surface area contributed by atoms with Gasteiger partial charge in [0.1, 0.15) is 0 Å². The van der Waals surface area contributed by atoms with Crippen molar-refractivity contribution in [2.45, 2.75) is 12.8 Å². The van der Waals surface area contributed by atoms with Crippen molar-refractivity contribution in [2.75, 3.05) is 0 Å². The fourth-order valence-corrected chi connectivity index (χ4v) is 2.78. The van der Waals surface area contributed by atoms with Gasteiger partial charge in [-0.3, -0.25) is 24.8 Å². The van der Waals surface area contributed by atoms with Crippen molar-refractivity contribution in [1.82, 2.24) is 25.1 Å². The molecule has 0 amide bonds. The molecule has 3 aromatic heterocycles. The van der Waals surface area contributed by atoms with Crippen molar-refractivity contribution in [2.24, 2.45) is 0 Å². The van der Waals surface area contributed by atoms with Gasteiger partial charge in [-0.05, 0) is 24.6 Å². The maximum atomic E-state index is 12.3. The zero-order valence-electron chi connectivity index (χ0n) is 11.5. The Bertz CT molecular complexity index is 970. The number of H-pyrrole nitrogens is 3. The molecule has 3 N–H and O–H groups in total. The van der Waals surface area contributed by atoms with Crippen LogP contribution in [0.1, 0.15) is 28.3 Å². The molecule has 0 aromatic carbocycles. The summed E-state index contributed by atoms with van der Waals surface area (Å²) in [7, 11) is 0. The van der Waals surface area contributed by atoms with Crippen LogP contribution >= 0.6 is 0 Å². The van der Waals surface area contributed by atoms with Crippen LogP contribution in [0, 0.1) is 6.92 Å². The lowest BCUT2D eigenvalue weighted by Crippen LogP contribution is -2.30. The number of pyridine rings is 1. The first-order valence-electron chi connectivity index (χ1n) is 6.64. The van der Waals surface area contributed by atoms with E-state index >= 15 is 0 Å². The second-order valence-electron chi connectivity index (χ2n) is 5.03. The van der Waals surface area contributed by atoms with E-state index in [2.05, 4.69) is 25.1 Å². The first-order chi connectivity index (χ1) is 10.6. The van der Waals surface area contributed by atoms with E-state index in [0.717, 1.165) is 16.8 Å². The summed E-state index contributed by atoms with van der Waals surface area (Å²) in [6.45, 7) is 1.86. The van der Waals surface area contributed by atoms with Crippen molar-refractivity contribution in [3.8, 4) is 11.8 Å². The van der Waals surface area contributed by atoms with Crippen LogP contribution in [-0.2, 0) is 0 Å². The third-order valence-corrected chi connectivity index (χ3v) is 3.72. The van der Waals surface area contributed by atoms with E-state index in [0.29, 0.717) is 11.4 Å². The van der Waals surface area contributed by atoms with Gasteiger partial charge in [-0.25, -0.2) is 4.79 Å². The minimum Gasteiger partial charge on any atom is -0.420 e. The van der Waals surface area contributed by atoms with Crippen LogP contribution in [0.3, 0.4) is 0 Å². The maximum absolute atomic E-state index is 12.3. The monoisotopic (exact) mass is 297 g/mol. The first-order valence-corrected chi connectivity index (χ1v) is 6.64. The second-order valence-corrected chi connectivity index (χ2v) is 5.03. The summed E-state index contributed by atoms with van der Waals surface area (Å²) in [5, 5.41) is 6.95. The molecule has 8 heteroatoms. The van der Waals surface area contributed by atoms with Gasteiger partial charge < -0.3 is 4.74 Å². The Labute approximate surface area is 123 Å². The van der Waals surface area contributed by atoms with Crippen LogP contribution in [0.25, 0.3) is 0 Å². The van der Waals surface area contributed by atoms with Gasteiger partial charge in [-0.1, -0.05) is 0 Å². The highest BCUT2D eigenvalue weighted by atomic mass is 16.5. The van der Waals surface area contributed by atoms with Gasteiger partial charge in [0.2, 0.25) is 11.8 Å². The predicted molar refractivity (Wildman–Crippen MR) is 76.3 cm³/mol. The van der Waals surface area contributed by atoms with E-state index in [1.54, 1.807) is 12.4 Å². The van der Waals surface area contributed by atoms with Crippen molar-refractivity contribution >= 4 is 0 Å². The molecule has 4 rings (SSSR count). The largest absolute Gasteiger partial charge is 0.420 e. The summed E-state index contributed by atoms with van der Waals surface area (Å²) in [6.07, 6.45) is 3.30. The minimum atomic E-state index is -0.618. The molecule has 1 aliphatic rings. The highest BCUT2D eigenvalue weighted by Crippen LogP contribution is 2.44. The zero-order chi connectivity index (χ0) is 15.3. The molecule has 0 saturated heterocycles. The smallest absolute Gasteiger partial charge is 0.328 e. The highest BCUT2D eigenvalue weighted by molar-refractivity contribution is 5.54. The summed E-state index contributed by atoms with van der Waals surface area (Å²) in [6, 6.07) is 3.64. The van der Waals surface area contributed by atoms with Gasteiger partial charge in [-0.15, -0.1) is 5.10 Å². The molecule has 4 heterocycles. The average Bonchev–Trinajstić information content (AvgIpc) is 2.87. The Morgan fingerprint density at radius 3 is 2.68 bits per heavy atom. The third kappa shape index (κ3) is 1.70. The first kappa shape index (κ1) is 12.6. The molecule has 1 unspecified atom stereocenters. The average molecular weight is 297 g/mol. The number of fused-ring (bicyclic) bond motifs is 2. The number of hydrogen-bond donors (Lipinski definition) is 3. The van der Waals surface area contributed by atoms with Crippen LogP contribution in [0.4, 0.5) is 0 Å². The molecule has 0 saturated carbocycles. The van der Waals surface area contributed by atoms with Crippen LogP contribution in [0.2, 0.25) is 0 Å². The fraction of sp³-hybridized carbons (Fsp3) is 0.143. The number of nitrogens with zero attached hydrogens (tertiary/aromatic N) is 2. The molecule has 0 fully saturated rings. The van der Waals surface area contributed by atoms with E-state index in [4.69, 9.17) is 4.74 Å². The molecule has 1 atom stereocenters. The van der Waals surface area contributed by atoms with Crippen LogP contribution in [0.15, 0.2) is 34.1 Å². The summed E-state index contributed by atoms with van der Waals surface area (Å²) >= 11 is 0. The summed E-state index contributed by atoms with van der Waals surface area (Å²) in [5.74, 6) is 0.0868. The molecule has 0 radical (unpaired) electrons. The molecular weight excluding hydrogens is 286 g/mol. The topological polar surface area (TPSA) is 117 Å². The van der Waals surface area contributed by atoms with Crippen LogP contribution in [-0.4, -0.2) is 25.1 Å². The van der Waals surface area contributed by atoms with Crippen LogP contribution in [0.5, 0.6) is 11.8 Å². The molecule has 1 aliphatic heterocycles. The molecule has 0 aliphatic carbocycles. The highest BCUT2D eigenvalue weighted by Gasteiger charge is 2.35. The maximum Gasteiger partial charge on any atom is 0.328 e. The van der Waals surface area contributed by atoms with Gasteiger partial charge in [0.25, 0.3) is 5.56 Å². The van der Waals surface area contributed by atoms with Crippen molar-refractivity contribution < 1.29 is 4.74 Å². The molecule has 110 valence electrons. The van der Waals surface area contributed by atoms with Gasteiger partial charge >= 0.3 is 5.69 Å². The molecule has 22 heavy (non-hydrogen) atoms. The number of hydrogen-bond acceptors (Lipinski definition) is 5. The number of aryl methyl sites for hydroxylation is 1. The fourth-order valence-electron chi connectivity index (χ4n) is 2.78. The molecule has 8 nitrogen and oxygen atoms in total. The molecular formula is C14H11N5O3. The number of nitrogens with one attached hydrogen (secondary N) is 3. The Hall–Kier alpha value is -3.16. The summed E-state index contributed by atoms with van der Waals surface area (Å²) in [5.41, 5.74) is 1.69. The Morgan fingerprint density at radius 1 is 1.14 bits per heavy atom. The molecule has 0 spiro atoms. The lowest BCUT2D eigenvalue weighted by Gasteiger charge is -2.24. The Kier molecular flexibility index (Phi) is 2.52.